The van der Waals surface area contributed by atoms with Gasteiger partial charge >= 0.3 is 250 Å². The Labute approximate surface area is 272 Å². The Bertz CT molecular complexity index is 1640. The number of rotatable bonds is 4. The first-order valence-corrected chi connectivity index (χ1v) is 20.0. The van der Waals surface area contributed by atoms with Crippen LogP contribution in [0.2, 0.25) is 0 Å². The van der Waals surface area contributed by atoms with Gasteiger partial charge in [0.25, 0.3) is 0 Å². The van der Waals surface area contributed by atoms with Crippen molar-refractivity contribution in [1.82, 2.24) is 0 Å². The van der Waals surface area contributed by atoms with Crippen molar-refractivity contribution >= 4 is 6.58 Å². The Morgan fingerprint density at radius 2 is 1.26 bits per heavy atom. The van der Waals surface area contributed by atoms with E-state index in [4.69, 9.17) is 0 Å². The van der Waals surface area contributed by atoms with E-state index in [-0.39, 0.29) is 35.6 Å². The van der Waals surface area contributed by atoms with Crippen LogP contribution < -0.4 is 28.1 Å². The van der Waals surface area contributed by atoms with Crippen LogP contribution in [0, 0.1) is 0 Å². The molecular formula is C39H40Cl2Hf. The molecule has 0 saturated heterocycles. The summed E-state index contributed by atoms with van der Waals surface area (Å²) in [5.74, 6) is 0. The normalized spacial score (nSPS) is 13.2. The Kier molecular flexibility index (Phi) is 9.88. The fourth-order valence-electron chi connectivity index (χ4n) is 6.43. The minimum atomic E-state index is -2.90. The minimum Gasteiger partial charge on any atom is -1.00 e. The average molecular weight is 758 g/mol. The quantitative estimate of drug-likeness (QED) is 0.248. The summed E-state index contributed by atoms with van der Waals surface area (Å²) >= 11 is -2.90. The number of fused-ring (bicyclic) bond motifs is 3. The van der Waals surface area contributed by atoms with Crippen LogP contribution in [0.15, 0.2) is 113 Å². The molecule has 4 aromatic rings. The van der Waals surface area contributed by atoms with Crippen molar-refractivity contribution in [2.75, 3.05) is 0 Å². The summed E-state index contributed by atoms with van der Waals surface area (Å²) in [6.45, 7) is 14.2. The molecule has 2 aliphatic rings. The third kappa shape index (κ3) is 6.17. The second-order valence-corrected chi connectivity index (χ2v) is 22.1. The molecule has 0 nitrogen and oxygen atoms in total. The van der Waals surface area contributed by atoms with E-state index < -0.39 is 21.0 Å². The SMILES string of the molecule is CC(C)(C)c1cc2c([c]([Hf+2]([C]3=CC=CC3)=[C](c3ccccc3)c3ccccc3)c1)Cc1c-2cccc1C(C)(C)C.[Cl-].[Cl-]. The van der Waals surface area contributed by atoms with Gasteiger partial charge in [0.15, 0.2) is 0 Å². The molecule has 2 aliphatic carbocycles. The zero-order valence-electron chi connectivity index (χ0n) is 25.6. The predicted octanol–water partition coefficient (Wildman–Crippen LogP) is 3.22. The molecule has 214 valence electrons. The van der Waals surface area contributed by atoms with Crippen LogP contribution in [0.3, 0.4) is 0 Å². The van der Waals surface area contributed by atoms with Crippen molar-refractivity contribution in [1.29, 1.82) is 0 Å². The van der Waals surface area contributed by atoms with Gasteiger partial charge in [-0.25, -0.2) is 0 Å². The van der Waals surface area contributed by atoms with Crippen LogP contribution in [0.25, 0.3) is 11.1 Å². The fourth-order valence-corrected chi connectivity index (χ4v) is 18.1. The second-order valence-electron chi connectivity index (χ2n) is 13.4. The van der Waals surface area contributed by atoms with Gasteiger partial charge in [0, 0.05) is 0 Å². The molecule has 0 aliphatic heterocycles. The van der Waals surface area contributed by atoms with Crippen LogP contribution in [-0.2, 0) is 38.2 Å². The summed E-state index contributed by atoms with van der Waals surface area (Å²) < 4.78 is 4.98. The first-order chi connectivity index (χ1) is 19.1. The van der Waals surface area contributed by atoms with Gasteiger partial charge < -0.3 is 24.8 Å². The molecule has 42 heavy (non-hydrogen) atoms. The minimum absolute atomic E-state index is 0. The van der Waals surface area contributed by atoms with E-state index in [2.05, 4.69) is 151 Å². The maximum absolute atomic E-state index is 2.90. The van der Waals surface area contributed by atoms with Crippen LogP contribution in [0.5, 0.6) is 0 Å². The number of halogens is 2. The molecule has 0 bridgehead atoms. The average Bonchev–Trinajstić information content (AvgIpc) is 3.59. The van der Waals surface area contributed by atoms with Gasteiger partial charge in [0.1, 0.15) is 0 Å². The smallest absolute Gasteiger partial charge is 1.00 e. The summed E-state index contributed by atoms with van der Waals surface area (Å²) in [6, 6.07) is 34.7. The van der Waals surface area contributed by atoms with Gasteiger partial charge in [0.2, 0.25) is 0 Å². The molecule has 0 spiro atoms. The van der Waals surface area contributed by atoms with Crippen molar-refractivity contribution in [3.8, 4) is 11.1 Å². The first-order valence-electron chi connectivity index (χ1n) is 14.6. The van der Waals surface area contributed by atoms with Gasteiger partial charge in [-0.3, -0.25) is 0 Å². The van der Waals surface area contributed by atoms with Gasteiger partial charge in [-0.05, 0) is 0 Å². The van der Waals surface area contributed by atoms with Crippen molar-refractivity contribution in [2.45, 2.75) is 65.2 Å². The summed E-state index contributed by atoms with van der Waals surface area (Å²) in [6.07, 6.45) is 9.26. The topological polar surface area (TPSA) is 0 Å². The molecule has 0 radical (unpaired) electrons. The Morgan fingerprint density at radius 1 is 0.643 bits per heavy atom. The maximum Gasteiger partial charge on any atom is -1.00 e. The predicted molar refractivity (Wildman–Crippen MR) is 170 cm³/mol. The second kappa shape index (κ2) is 12.7. The van der Waals surface area contributed by atoms with Crippen LogP contribution in [0.4, 0.5) is 0 Å². The molecule has 0 atom stereocenters. The molecule has 0 unspecified atom stereocenters. The van der Waals surface area contributed by atoms with Crippen molar-refractivity contribution < 1.29 is 45.8 Å². The Balaban J connectivity index is 0.00000202. The zero-order chi connectivity index (χ0) is 28.1. The van der Waals surface area contributed by atoms with Crippen LogP contribution in [0.1, 0.15) is 81.3 Å². The Morgan fingerprint density at radius 3 is 1.79 bits per heavy atom. The zero-order valence-corrected chi connectivity index (χ0v) is 30.7. The van der Waals surface area contributed by atoms with E-state index in [1.165, 1.54) is 33.4 Å². The van der Waals surface area contributed by atoms with Crippen molar-refractivity contribution in [2.24, 2.45) is 0 Å². The van der Waals surface area contributed by atoms with E-state index >= 15 is 0 Å². The molecule has 0 saturated carbocycles. The first kappa shape index (κ1) is 32.6. The fraction of sp³-hybridized carbons (Fsp3) is 0.256. The maximum atomic E-state index is 2.65. The summed E-state index contributed by atoms with van der Waals surface area (Å²) in [4.78, 5) is 0. The summed E-state index contributed by atoms with van der Waals surface area (Å²) in [5, 5.41) is 0. The van der Waals surface area contributed by atoms with E-state index in [1.54, 1.807) is 21.0 Å². The summed E-state index contributed by atoms with van der Waals surface area (Å²) in [5.41, 5.74) is 12.0. The molecule has 0 aromatic heterocycles. The number of hydrogen-bond acceptors (Lipinski definition) is 0. The van der Waals surface area contributed by atoms with Gasteiger partial charge in [-0.1, -0.05) is 0 Å². The molecule has 6 rings (SSSR count). The standard InChI is InChI=1S/C21H25.C13H10.C5H5.2ClH.Hf/c1-20(2,3)15-11-10-14-12-18-16(17(14)13-15)8-7-9-19(18)21(4,5)6;1-3-7-12(8-4-1)11-13-9-5-2-6-10-13;1-2-4-5-3-1;;;/h7-9,11,13H,12H2,1-6H3;1-10H;1-3H,4H2;2*1H;/q;;;;;+2/p-2. The van der Waals surface area contributed by atoms with Crippen molar-refractivity contribution in [3.05, 3.63) is 146 Å². The monoisotopic (exact) mass is 758 g/mol. The molecule has 0 amide bonds. The largest absolute Gasteiger partial charge is 1.00 e. The van der Waals surface area contributed by atoms with E-state index in [0.29, 0.717) is 0 Å². The third-order valence-electron chi connectivity index (χ3n) is 8.48. The number of hydrogen-bond donors (Lipinski definition) is 0. The molecule has 0 fully saturated rings. The molecule has 0 heterocycles. The van der Waals surface area contributed by atoms with Gasteiger partial charge in [-0.2, -0.15) is 0 Å². The van der Waals surface area contributed by atoms with Crippen molar-refractivity contribution in [3.63, 3.8) is 0 Å². The van der Waals surface area contributed by atoms with Gasteiger partial charge in [0.05, 0.1) is 0 Å². The van der Waals surface area contributed by atoms with E-state index in [0.717, 1.165) is 12.8 Å². The number of allylic oxidation sites excluding steroid dienone is 4. The van der Waals surface area contributed by atoms with E-state index in [1.807, 2.05) is 0 Å². The molecule has 4 aromatic carbocycles. The summed E-state index contributed by atoms with van der Waals surface area (Å²) in [7, 11) is 0. The Hall–Kier alpha value is -2.32. The van der Waals surface area contributed by atoms with Gasteiger partial charge in [-0.15, -0.1) is 0 Å². The van der Waals surface area contributed by atoms with E-state index in [9.17, 15) is 0 Å². The number of benzene rings is 4. The molecule has 3 heteroatoms. The molecular weight excluding hydrogens is 718 g/mol. The third-order valence-corrected chi connectivity index (χ3v) is 19.5. The van der Waals surface area contributed by atoms with Crippen LogP contribution in [-0.4, -0.2) is 3.26 Å². The molecule has 0 N–H and O–H groups in total. The van der Waals surface area contributed by atoms with Crippen LogP contribution >= 0.6 is 0 Å².